The summed E-state index contributed by atoms with van der Waals surface area (Å²) in [5, 5.41) is 11.7. The molecule has 1 N–H and O–H groups in total. The summed E-state index contributed by atoms with van der Waals surface area (Å²) < 4.78 is 31.5. The summed E-state index contributed by atoms with van der Waals surface area (Å²) in [7, 11) is -3.58. The normalized spacial score (nSPS) is 16.5. The maximum absolute atomic E-state index is 12.5. The summed E-state index contributed by atoms with van der Waals surface area (Å²) >= 11 is 2.27. The number of anilines is 1. The van der Waals surface area contributed by atoms with Gasteiger partial charge in [-0.15, -0.1) is 21.5 Å². The lowest BCUT2D eigenvalue weighted by Crippen LogP contribution is -2.40. The van der Waals surface area contributed by atoms with Crippen LogP contribution in [0, 0.1) is 0 Å². The SMILES string of the molecule is O=C(Nc1nncs1)c1cc(S(=O)(=O)N2CCOCC2)cs1. The van der Waals surface area contributed by atoms with E-state index in [1.807, 2.05) is 0 Å². The second-order valence-electron chi connectivity index (χ2n) is 4.36. The van der Waals surface area contributed by atoms with Crippen LogP contribution in [-0.4, -0.2) is 55.1 Å². The Balaban J connectivity index is 1.76. The average Bonchev–Trinajstić information content (AvgIpc) is 3.19. The van der Waals surface area contributed by atoms with E-state index in [4.69, 9.17) is 4.74 Å². The van der Waals surface area contributed by atoms with Crippen LogP contribution < -0.4 is 5.32 Å². The first-order valence-electron chi connectivity index (χ1n) is 6.31. The molecule has 0 bridgehead atoms. The zero-order chi connectivity index (χ0) is 15.6. The number of nitrogens with one attached hydrogen (secondary N) is 1. The van der Waals surface area contributed by atoms with Gasteiger partial charge in [-0.1, -0.05) is 11.3 Å². The molecule has 0 aromatic carbocycles. The highest BCUT2D eigenvalue weighted by atomic mass is 32.2. The molecule has 2 aromatic rings. The number of ether oxygens (including phenoxy) is 1. The minimum absolute atomic E-state index is 0.127. The molecular formula is C11H12N4O4S3. The van der Waals surface area contributed by atoms with Crippen LogP contribution in [0.5, 0.6) is 0 Å². The van der Waals surface area contributed by atoms with E-state index in [1.54, 1.807) is 0 Å². The molecule has 118 valence electrons. The molecule has 0 atom stereocenters. The first kappa shape index (κ1) is 15.5. The van der Waals surface area contributed by atoms with Crippen molar-refractivity contribution in [2.24, 2.45) is 0 Å². The van der Waals surface area contributed by atoms with Crippen LogP contribution in [0.25, 0.3) is 0 Å². The molecule has 1 amide bonds. The number of hydrogen-bond acceptors (Lipinski definition) is 8. The quantitative estimate of drug-likeness (QED) is 0.868. The minimum Gasteiger partial charge on any atom is -0.379 e. The van der Waals surface area contributed by atoms with Crippen molar-refractivity contribution in [1.29, 1.82) is 0 Å². The maximum atomic E-state index is 12.5. The van der Waals surface area contributed by atoms with Crippen LogP contribution in [0.1, 0.15) is 9.67 Å². The van der Waals surface area contributed by atoms with Crippen molar-refractivity contribution in [3.05, 3.63) is 21.8 Å². The van der Waals surface area contributed by atoms with Crippen molar-refractivity contribution in [1.82, 2.24) is 14.5 Å². The van der Waals surface area contributed by atoms with Gasteiger partial charge >= 0.3 is 0 Å². The second kappa shape index (κ2) is 6.38. The number of hydrogen-bond donors (Lipinski definition) is 1. The molecular weight excluding hydrogens is 348 g/mol. The van der Waals surface area contributed by atoms with Gasteiger partial charge in [-0.2, -0.15) is 4.31 Å². The van der Waals surface area contributed by atoms with Crippen LogP contribution in [0.2, 0.25) is 0 Å². The Morgan fingerprint density at radius 2 is 2.09 bits per heavy atom. The second-order valence-corrected chi connectivity index (χ2v) is 8.04. The van der Waals surface area contributed by atoms with Crippen molar-refractivity contribution < 1.29 is 17.9 Å². The molecule has 1 saturated heterocycles. The molecule has 3 rings (SSSR count). The summed E-state index contributed by atoms with van der Waals surface area (Å²) in [6, 6.07) is 1.38. The van der Waals surface area contributed by atoms with Gasteiger partial charge in [-0.3, -0.25) is 10.1 Å². The number of amides is 1. The van der Waals surface area contributed by atoms with Gasteiger partial charge in [0.2, 0.25) is 15.2 Å². The topological polar surface area (TPSA) is 101 Å². The van der Waals surface area contributed by atoms with Crippen molar-refractivity contribution in [3.8, 4) is 0 Å². The number of carbonyl (C=O) groups is 1. The summed E-state index contributed by atoms with van der Waals surface area (Å²) in [5.41, 5.74) is 1.50. The third-order valence-electron chi connectivity index (χ3n) is 2.99. The van der Waals surface area contributed by atoms with Crippen LogP contribution in [-0.2, 0) is 14.8 Å². The molecule has 3 heterocycles. The lowest BCUT2D eigenvalue weighted by molar-refractivity contribution is 0.0730. The highest BCUT2D eigenvalue weighted by Crippen LogP contribution is 2.24. The average molecular weight is 360 g/mol. The monoisotopic (exact) mass is 360 g/mol. The molecule has 1 fully saturated rings. The van der Waals surface area contributed by atoms with E-state index in [1.165, 1.54) is 32.6 Å². The largest absolute Gasteiger partial charge is 0.379 e. The number of rotatable bonds is 4. The predicted octanol–water partition coefficient (Wildman–Crippen LogP) is 0.873. The Morgan fingerprint density at radius 1 is 1.32 bits per heavy atom. The van der Waals surface area contributed by atoms with Crippen LogP contribution in [0.3, 0.4) is 0 Å². The van der Waals surface area contributed by atoms with E-state index in [2.05, 4.69) is 15.5 Å². The summed E-state index contributed by atoms with van der Waals surface area (Å²) in [4.78, 5) is 12.5. The van der Waals surface area contributed by atoms with Gasteiger partial charge in [0.15, 0.2) is 0 Å². The van der Waals surface area contributed by atoms with E-state index in [0.29, 0.717) is 36.3 Å². The van der Waals surface area contributed by atoms with E-state index < -0.39 is 15.9 Å². The third-order valence-corrected chi connectivity index (χ3v) is 6.55. The number of carbonyl (C=O) groups excluding carboxylic acids is 1. The fraction of sp³-hybridized carbons (Fsp3) is 0.364. The van der Waals surface area contributed by atoms with Gasteiger partial charge in [0.1, 0.15) is 5.51 Å². The molecule has 22 heavy (non-hydrogen) atoms. The Hall–Kier alpha value is -1.40. The number of sulfonamides is 1. The van der Waals surface area contributed by atoms with Gasteiger partial charge in [0, 0.05) is 18.5 Å². The Bertz CT molecular complexity index is 750. The van der Waals surface area contributed by atoms with E-state index in [0.717, 1.165) is 11.3 Å². The summed E-state index contributed by atoms with van der Waals surface area (Å²) in [6.45, 7) is 1.41. The van der Waals surface area contributed by atoms with Crippen molar-refractivity contribution >= 4 is 43.7 Å². The fourth-order valence-electron chi connectivity index (χ4n) is 1.90. The lowest BCUT2D eigenvalue weighted by Gasteiger charge is -2.25. The predicted molar refractivity (Wildman–Crippen MR) is 81.8 cm³/mol. The first-order chi connectivity index (χ1) is 10.6. The zero-order valence-electron chi connectivity index (χ0n) is 11.3. The minimum atomic E-state index is -3.58. The highest BCUT2D eigenvalue weighted by Gasteiger charge is 2.28. The van der Waals surface area contributed by atoms with Crippen LogP contribution in [0.4, 0.5) is 5.13 Å². The Morgan fingerprint density at radius 3 is 2.77 bits per heavy atom. The van der Waals surface area contributed by atoms with Crippen LogP contribution >= 0.6 is 22.7 Å². The van der Waals surface area contributed by atoms with Gasteiger partial charge in [-0.25, -0.2) is 8.42 Å². The number of nitrogens with zero attached hydrogens (tertiary/aromatic N) is 3. The Kier molecular flexibility index (Phi) is 4.49. The molecule has 0 spiro atoms. The molecule has 0 radical (unpaired) electrons. The van der Waals surface area contributed by atoms with E-state index in [-0.39, 0.29) is 4.90 Å². The number of morpholine rings is 1. The number of aromatic nitrogens is 2. The molecule has 8 nitrogen and oxygen atoms in total. The van der Waals surface area contributed by atoms with E-state index in [9.17, 15) is 13.2 Å². The van der Waals surface area contributed by atoms with Gasteiger partial charge in [0.05, 0.1) is 23.0 Å². The van der Waals surface area contributed by atoms with Gasteiger partial charge in [0.25, 0.3) is 5.91 Å². The van der Waals surface area contributed by atoms with Gasteiger partial charge < -0.3 is 4.74 Å². The molecule has 0 aliphatic carbocycles. The van der Waals surface area contributed by atoms with Crippen LogP contribution in [0.15, 0.2) is 21.9 Å². The highest BCUT2D eigenvalue weighted by molar-refractivity contribution is 7.89. The Labute approximate surface area is 134 Å². The van der Waals surface area contributed by atoms with Crippen molar-refractivity contribution in [2.45, 2.75) is 4.90 Å². The standard InChI is InChI=1S/C11H12N4O4S3/c16-10(13-11-14-12-7-21-11)9-5-8(6-20-9)22(17,18)15-1-3-19-4-2-15/h5-7H,1-4H2,(H,13,14,16). The third kappa shape index (κ3) is 3.17. The smallest absolute Gasteiger partial charge is 0.267 e. The maximum Gasteiger partial charge on any atom is 0.267 e. The molecule has 1 aliphatic rings. The van der Waals surface area contributed by atoms with Gasteiger partial charge in [-0.05, 0) is 6.07 Å². The molecule has 11 heteroatoms. The molecule has 0 saturated carbocycles. The molecule has 1 aliphatic heterocycles. The summed E-state index contributed by atoms with van der Waals surface area (Å²) in [5.74, 6) is -0.398. The molecule has 0 unspecified atom stereocenters. The first-order valence-corrected chi connectivity index (χ1v) is 9.51. The van der Waals surface area contributed by atoms with Crippen molar-refractivity contribution in [3.63, 3.8) is 0 Å². The van der Waals surface area contributed by atoms with Crippen molar-refractivity contribution in [2.75, 3.05) is 31.6 Å². The zero-order valence-corrected chi connectivity index (χ0v) is 13.7. The van der Waals surface area contributed by atoms with E-state index >= 15 is 0 Å². The molecule has 2 aromatic heterocycles. The lowest BCUT2D eigenvalue weighted by atomic mass is 10.4. The number of thiophene rings is 1. The summed E-state index contributed by atoms with van der Waals surface area (Å²) in [6.07, 6.45) is 0. The fourth-order valence-corrected chi connectivity index (χ4v) is 4.90.